The lowest BCUT2D eigenvalue weighted by Gasteiger charge is -2.18. The molecule has 0 heterocycles. The number of nitrogens with one attached hydrogen (secondary N) is 3. The second kappa shape index (κ2) is 9.71. The molecule has 0 spiro atoms. The van der Waals surface area contributed by atoms with Crippen LogP contribution in [-0.2, 0) is 14.4 Å². The molecule has 0 aromatic heterocycles. The Bertz CT molecular complexity index is 350. The van der Waals surface area contributed by atoms with Gasteiger partial charge in [-0.15, -0.1) is 0 Å². The Morgan fingerprint density at radius 1 is 1.00 bits per heavy atom. The van der Waals surface area contributed by atoms with E-state index in [0.29, 0.717) is 6.54 Å². The summed E-state index contributed by atoms with van der Waals surface area (Å²) in [6.07, 6.45) is 0.820. The third kappa shape index (κ3) is 7.44. The van der Waals surface area contributed by atoms with Gasteiger partial charge < -0.3 is 21.7 Å². The SMILES string of the molecule is C[C@H]([NH3+])C(=O)N[C@@H](C)C(=O)N[C@@H](C)C(=O)NCCCBr. The summed E-state index contributed by atoms with van der Waals surface area (Å²) in [6.45, 7) is 5.35. The molecule has 0 aromatic carbocycles. The second-order valence-corrected chi connectivity index (χ2v) is 5.49. The molecule has 0 fully saturated rings. The highest BCUT2D eigenvalue weighted by Crippen LogP contribution is 1.90. The Kier molecular flexibility index (Phi) is 9.15. The zero-order chi connectivity index (χ0) is 15.7. The van der Waals surface area contributed by atoms with E-state index in [4.69, 9.17) is 0 Å². The number of carbonyl (C=O) groups is 3. The Balaban J connectivity index is 4.17. The third-order valence-electron chi connectivity index (χ3n) is 2.56. The van der Waals surface area contributed by atoms with Gasteiger partial charge in [0, 0.05) is 11.9 Å². The summed E-state index contributed by atoms with van der Waals surface area (Å²) < 4.78 is 0. The average molecular weight is 352 g/mol. The number of halogens is 1. The van der Waals surface area contributed by atoms with Crippen LogP contribution in [0.5, 0.6) is 0 Å². The predicted octanol–water partition coefficient (Wildman–Crippen LogP) is -1.47. The molecule has 0 unspecified atom stereocenters. The van der Waals surface area contributed by atoms with E-state index >= 15 is 0 Å². The summed E-state index contributed by atoms with van der Waals surface area (Å²) in [5.74, 6) is -0.951. The van der Waals surface area contributed by atoms with Crippen molar-refractivity contribution in [2.24, 2.45) is 0 Å². The van der Waals surface area contributed by atoms with Crippen LogP contribution in [0.15, 0.2) is 0 Å². The van der Waals surface area contributed by atoms with Crippen LogP contribution in [0, 0.1) is 0 Å². The van der Waals surface area contributed by atoms with Crippen molar-refractivity contribution in [2.75, 3.05) is 11.9 Å². The highest BCUT2D eigenvalue weighted by atomic mass is 79.9. The summed E-state index contributed by atoms with van der Waals surface area (Å²) in [5, 5.41) is 8.59. The molecule has 6 N–H and O–H groups in total. The molecule has 3 amide bonds. The zero-order valence-electron chi connectivity index (χ0n) is 12.2. The summed E-state index contributed by atoms with van der Waals surface area (Å²) >= 11 is 3.26. The smallest absolute Gasteiger partial charge is 0.278 e. The van der Waals surface area contributed by atoms with Crippen molar-refractivity contribution in [3.63, 3.8) is 0 Å². The van der Waals surface area contributed by atoms with Gasteiger partial charge in [0.15, 0.2) is 6.04 Å². The van der Waals surface area contributed by atoms with E-state index in [-0.39, 0.29) is 11.8 Å². The van der Waals surface area contributed by atoms with Gasteiger partial charge in [-0.25, -0.2) is 0 Å². The Hall–Kier alpha value is -1.15. The predicted molar refractivity (Wildman–Crippen MR) is 79.0 cm³/mol. The highest BCUT2D eigenvalue weighted by Gasteiger charge is 2.22. The first-order valence-electron chi connectivity index (χ1n) is 6.57. The fraction of sp³-hybridized carbons (Fsp3) is 0.750. The van der Waals surface area contributed by atoms with E-state index in [1.165, 1.54) is 0 Å². The highest BCUT2D eigenvalue weighted by molar-refractivity contribution is 9.09. The van der Waals surface area contributed by atoms with Crippen LogP contribution < -0.4 is 21.7 Å². The van der Waals surface area contributed by atoms with Crippen molar-refractivity contribution in [2.45, 2.75) is 45.3 Å². The molecule has 3 atom stereocenters. The molecule has 8 heteroatoms. The van der Waals surface area contributed by atoms with Gasteiger partial charge in [0.05, 0.1) is 0 Å². The number of rotatable bonds is 8. The van der Waals surface area contributed by atoms with Gasteiger partial charge in [0.2, 0.25) is 11.8 Å². The van der Waals surface area contributed by atoms with Crippen molar-refractivity contribution in [1.29, 1.82) is 0 Å². The Labute approximate surface area is 127 Å². The number of amides is 3. The molecule has 20 heavy (non-hydrogen) atoms. The maximum Gasteiger partial charge on any atom is 0.278 e. The topological polar surface area (TPSA) is 115 Å². The van der Waals surface area contributed by atoms with Gasteiger partial charge in [-0.05, 0) is 27.2 Å². The fourth-order valence-electron chi connectivity index (χ4n) is 1.26. The van der Waals surface area contributed by atoms with Crippen molar-refractivity contribution < 1.29 is 20.1 Å². The minimum absolute atomic E-state index is 0.247. The Morgan fingerprint density at radius 2 is 1.50 bits per heavy atom. The van der Waals surface area contributed by atoms with E-state index in [9.17, 15) is 14.4 Å². The lowest BCUT2D eigenvalue weighted by atomic mass is 10.2. The molecule has 0 aromatic rings. The molecule has 0 aliphatic heterocycles. The van der Waals surface area contributed by atoms with Gasteiger partial charge in [0.1, 0.15) is 12.1 Å². The van der Waals surface area contributed by atoms with Crippen LogP contribution in [0.2, 0.25) is 0 Å². The van der Waals surface area contributed by atoms with Crippen molar-refractivity contribution in [3.05, 3.63) is 0 Å². The molecule has 0 aliphatic rings. The van der Waals surface area contributed by atoms with E-state index < -0.39 is 24.0 Å². The van der Waals surface area contributed by atoms with Crippen molar-refractivity contribution >= 4 is 33.7 Å². The fourth-order valence-corrected chi connectivity index (χ4v) is 1.54. The van der Waals surface area contributed by atoms with Gasteiger partial charge >= 0.3 is 0 Å². The van der Waals surface area contributed by atoms with Gasteiger partial charge in [0.25, 0.3) is 5.91 Å². The lowest BCUT2D eigenvalue weighted by Crippen LogP contribution is -2.67. The van der Waals surface area contributed by atoms with E-state index in [1.807, 2.05) is 0 Å². The molecule has 0 radical (unpaired) electrons. The van der Waals surface area contributed by atoms with Crippen LogP contribution in [-0.4, -0.2) is 47.7 Å². The zero-order valence-corrected chi connectivity index (χ0v) is 13.7. The van der Waals surface area contributed by atoms with Crippen molar-refractivity contribution in [1.82, 2.24) is 16.0 Å². The lowest BCUT2D eigenvalue weighted by molar-refractivity contribution is -0.398. The molecule has 0 saturated heterocycles. The normalized spacial score (nSPS) is 14.8. The molecule has 7 nitrogen and oxygen atoms in total. The van der Waals surface area contributed by atoms with Gasteiger partial charge in [-0.1, -0.05) is 15.9 Å². The van der Waals surface area contributed by atoms with Crippen LogP contribution in [0.1, 0.15) is 27.2 Å². The minimum Gasteiger partial charge on any atom is -0.354 e. The number of quaternary nitrogens is 1. The number of hydrogen-bond donors (Lipinski definition) is 4. The third-order valence-corrected chi connectivity index (χ3v) is 3.12. The first-order valence-corrected chi connectivity index (χ1v) is 7.69. The second-order valence-electron chi connectivity index (χ2n) is 4.70. The van der Waals surface area contributed by atoms with Crippen LogP contribution in [0.3, 0.4) is 0 Å². The van der Waals surface area contributed by atoms with E-state index in [2.05, 4.69) is 37.6 Å². The number of carbonyl (C=O) groups excluding carboxylic acids is 3. The standard InChI is InChI=1S/C12H23BrN4O3/c1-7(14)10(18)16-9(3)12(20)17-8(2)11(19)15-6-4-5-13/h7-9H,4-6,14H2,1-3H3,(H,15,19)(H,16,18)(H,17,20)/p+1/t7-,8-,9-/m0/s1. The molecule has 0 bridgehead atoms. The molecule has 0 rings (SSSR count). The quantitative estimate of drug-likeness (QED) is 0.316. The van der Waals surface area contributed by atoms with E-state index in [0.717, 1.165) is 11.8 Å². The van der Waals surface area contributed by atoms with E-state index in [1.54, 1.807) is 20.8 Å². The maximum atomic E-state index is 11.8. The number of hydrogen-bond acceptors (Lipinski definition) is 3. The number of alkyl halides is 1. The maximum absolute atomic E-state index is 11.8. The van der Waals surface area contributed by atoms with Crippen LogP contribution in [0.25, 0.3) is 0 Å². The summed E-state index contributed by atoms with van der Waals surface area (Å²) in [7, 11) is 0. The van der Waals surface area contributed by atoms with Crippen LogP contribution >= 0.6 is 15.9 Å². The molecular weight excluding hydrogens is 328 g/mol. The monoisotopic (exact) mass is 351 g/mol. The summed E-state index contributed by atoms with van der Waals surface area (Å²) in [4.78, 5) is 34.9. The van der Waals surface area contributed by atoms with Gasteiger partial charge in [-0.2, -0.15) is 0 Å². The first-order chi connectivity index (χ1) is 9.29. The Morgan fingerprint density at radius 3 is 2.00 bits per heavy atom. The molecule has 0 aliphatic carbocycles. The molecule has 116 valence electrons. The molecular formula is C12H24BrN4O3+. The summed E-state index contributed by atoms with van der Waals surface area (Å²) in [6, 6.07) is -1.78. The minimum atomic E-state index is -0.704. The molecule has 0 saturated carbocycles. The average Bonchev–Trinajstić information content (AvgIpc) is 2.38. The van der Waals surface area contributed by atoms with Crippen molar-refractivity contribution in [3.8, 4) is 0 Å². The van der Waals surface area contributed by atoms with Gasteiger partial charge in [-0.3, -0.25) is 14.4 Å². The largest absolute Gasteiger partial charge is 0.354 e. The van der Waals surface area contributed by atoms with Crippen LogP contribution in [0.4, 0.5) is 0 Å². The summed E-state index contributed by atoms with van der Waals surface area (Å²) in [5.41, 5.74) is 3.57. The first kappa shape index (κ1) is 18.9.